The third kappa shape index (κ3) is 3.08. The first-order valence-electron chi connectivity index (χ1n) is 8.51. The Bertz CT molecular complexity index is 1090. The number of aromatic hydroxyl groups is 1. The highest BCUT2D eigenvalue weighted by Gasteiger charge is 2.14. The van der Waals surface area contributed by atoms with E-state index >= 15 is 0 Å². The van der Waals surface area contributed by atoms with E-state index in [1.54, 1.807) is 0 Å². The summed E-state index contributed by atoms with van der Waals surface area (Å²) in [6.07, 6.45) is 4.85. The average molecular weight is 354 g/mol. The zero-order chi connectivity index (χ0) is 18.8. The summed E-state index contributed by atoms with van der Waals surface area (Å²) in [6, 6.07) is 8.02. The second-order valence-corrected chi connectivity index (χ2v) is 6.35. The molecule has 2 heterocycles. The van der Waals surface area contributed by atoms with Gasteiger partial charge in [-0.15, -0.1) is 0 Å². The molecule has 7 heteroatoms. The van der Waals surface area contributed by atoms with Crippen LogP contribution < -0.4 is 11.2 Å². The van der Waals surface area contributed by atoms with Crippen molar-refractivity contribution < 1.29 is 5.11 Å². The van der Waals surface area contributed by atoms with Crippen LogP contribution in [0.4, 0.5) is 0 Å². The van der Waals surface area contributed by atoms with Crippen molar-refractivity contribution in [3.8, 4) is 5.88 Å². The van der Waals surface area contributed by atoms with Crippen molar-refractivity contribution in [3.05, 3.63) is 62.4 Å². The van der Waals surface area contributed by atoms with E-state index in [1.165, 1.54) is 20.3 Å². The van der Waals surface area contributed by atoms with Crippen LogP contribution in [0.2, 0.25) is 0 Å². The zero-order valence-electron chi connectivity index (χ0n) is 15.1. The minimum Gasteiger partial charge on any atom is -0.494 e. The van der Waals surface area contributed by atoms with Crippen LogP contribution in [0.1, 0.15) is 24.5 Å². The number of aliphatic imine (C=N–C) groups is 1. The maximum atomic E-state index is 12.2. The molecule has 0 aliphatic carbocycles. The molecule has 136 valence electrons. The predicted octanol–water partition coefficient (Wildman–Crippen LogP) is 1.71. The Morgan fingerprint density at radius 1 is 1.23 bits per heavy atom. The van der Waals surface area contributed by atoms with Crippen molar-refractivity contribution in [3.63, 3.8) is 0 Å². The SMILES string of the molecule is CC[C@@H](Cc1c[nH]c2ccccc12)N=Cc1c(O)n(C)c(=O)n(C)c1=O. The number of aromatic nitrogens is 3. The molecule has 3 rings (SSSR count). The fourth-order valence-electron chi connectivity index (χ4n) is 3.01. The topological polar surface area (TPSA) is 92.4 Å². The maximum absolute atomic E-state index is 12.2. The first kappa shape index (κ1) is 17.7. The highest BCUT2D eigenvalue weighted by atomic mass is 16.3. The molecule has 0 saturated heterocycles. The van der Waals surface area contributed by atoms with Crippen LogP contribution in [0.5, 0.6) is 5.88 Å². The number of hydrogen-bond acceptors (Lipinski definition) is 4. The highest BCUT2D eigenvalue weighted by molar-refractivity contribution is 5.83. The molecule has 0 radical (unpaired) electrons. The van der Waals surface area contributed by atoms with E-state index in [0.717, 1.165) is 32.0 Å². The van der Waals surface area contributed by atoms with E-state index in [-0.39, 0.29) is 17.5 Å². The zero-order valence-corrected chi connectivity index (χ0v) is 15.1. The molecule has 0 saturated carbocycles. The minimum absolute atomic E-state index is 0.0203. The van der Waals surface area contributed by atoms with Gasteiger partial charge >= 0.3 is 5.69 Å². The molecule has 0 unspecified atom stereocenters. The lowest BCUT2D eigenvalue weighted by Gasteiger charge is -2.10. The van der Waals surface area contributed by atoms with Gasteiger partial charge in [-0.25, -0.2) is 4.79 Å². The van der Waals surface area contributed by atoms with Gasteiger partial charge in [0.2, 0.25) is 5.88 Å². The summed E-state index contributed by atoms with van der Waals surface area (Å²) >= 11 is 0. The van der Waals surface area contributed by atoms with Crippen molar-refractivity contribution in [2.24, 2.45) is 19.1 Å². The summed E-state index contributed by atoms with van der Waals surface area (Å²) in [6.45, 7) is 2.02. The molecule has 0 fully saturated rings. The number of hydrogen-bond donors (Lipinski definition) is 2. The third-order valence-electron chi connectivity index (χ3n) is 4.68. The Balaban J connectivity index is 1.92. The molecule has 0 spiro atoms. The molecule has 26 heavy (non-hydrogen) atoms. The Hall–Kier alpha value is -3.09. The van der Waals surface area contributed by atoms with E-state index < -0.39 is 11.2 Å². The predicted molar refractivity (Wildman–Crippen MR) is 102 cm³/mol. The molecule has 3 aromatic rings. The van der Waals surface area contributed by atoms with Crippen molar-refractivity contribution >= 4 is 17.1 Å². The van der Waals surface area contributed by atoms with Gasteiger partial charge in [-0.1, -0.05) is 25.1 Å². The Morgan fingerprint density at radius 2 is 1.96 bits per heavy atom. The number of rotatable bonds is 5. The van der Waals surface area contributed by atoms with Gasteiger partial charge in [0, 0.05) is 37.4 Å². The van der Waals surface area contributed by atoms with Crippen LogP contribution in [0.15, 0.2) is 45.0 Å². The minimum atomic E-state index is -0.574. The Labute approximate surface area is 150 Å². The van der Waals surface area contributed by atoms with E-state index in [0.29, 0.717) is 6.42 Å². The normalized spacial score (nSPS) is 12.9. The van der Waals surface area contributed by atoms with Crippen LogP contribution >= 0.6 is 0 Å². The molecule has 0 aliphatic rings. The Morgan fingerprint density at radius 3 is 2.69 bits per heavy atom. The third-order valence-corrected chi connectivity index (χ3v) is 4.68. The summed E-state index contributed by atoms with van der Waals surface area (Å²) in [7, 11) is 2.79. The summed E-state index contributed by atoms with van der Waals surface area (Å²) in [5.41, 5.74) is 1.12. The average Bonchev–Trinajstić information content (AvgIpc) is 3.06. The summed E-state index contributed by atoms with van der Waals surface area (Å²) in [5, 5.41) is 11.3. The monoisotopic (exact) mass is 354 g/mol. The Kier molecular flexibility index (Phi) is 4.79. The van der Waals surface area contributed by atoms with Gasteiger partial charge in [0.1, 0.15) is 5.56 Å². The van der Waals surface area contributed by atoms with E-state index in [4.69, 9.17) is 0 Å². The quantitative estimate of drug-likeness (QED) is 0.683. The first-order valence-corrected chi connectivity index (χ1v) is 8.51. The first-order chi connectivity index (χ1) is 12.4. The molecule has 0 aliphatic heterocycles. The number of benzene rings is 1. The largest absolute Gasteiger partial charge is 0.494 e. The highest BCUT2D eigenvalue weighted by Crippen LogP contribution is 2.20. The van der Waals surface area contributed by atoms with Gasteiger partial charge in [-0.3, -0.25) is 18.9 Å². The van der Waals surface area contributed by atoms with Gasteiger partial charge in [0.25, 0.3) is 5.56 Å². The van der Waals surface area contributed by atoms with Crippen LogP contribution in [0, 0.1) is 0 Å². The molecular weight excluding hydrogens is 332 g/mol. The molecular formula is C19H22N4O3. The molecule has 0 bridgehead atoms. The molecule has 0 amide bonds. The molecule has 2 aromatic heterocycles. The second-order valence-electron chi connectivity index (χ2n) is 6.35. The summed E-state index contributed by atoms with van der Waals surface area (Å²) in [4.78, 5) is 31.8. The maximum Gasteiger partial charge on any atom is 0.333 e. The lowest BCUT2D eigenvalue weighted by atomic mass is 10.0. The van der Waals surface area contributed by atoms with Crippen LogP contribution in [0.25, 0.3) is 10.9 Å². The standard InChI is InChI=1S/C19H22N4O3/c1-4-13(9-12-10-21-16-8-6-5-7-14(12)16)20-11-15-17(24)22(2)19(26)23(3)18(15)25/h5-8,10-11,13,21,24H,4,9H2,1-3H3/t13-/m0/s1. The number of aromatic amines is 1. The number of para-hydroxylation sites is 1. The summed E-state index contributed by atoms with van der Waals surface area (Å²) in [5.74, 6) is -0.371. The van der Waals surface area contributed by atoms with Gasteiger partial charge in [-0.05, 0) is 24.5 Å². The van der Waals surface area contributed by atoms with Crippen LogP contribution in [-0.2, 0) is 20.5 Å². The van der Waals surface area contributed by atoms with Crippen molar-refractivity contribution in [2.45, 2.75) is 25.8 Å². The number of fused-ring (bicyclic) bond motifs is 1. The smallest absolute Gasteiger partial charge is 0.333 e. The van der Waals surface area contributed by atoms with Crippen molar-refractivity contribution in [1.82, 2.24) is 14.1 Å². The van der Waals surface area contributed by atoms with Crippen LogP contribution in [0.3, 0.4) is 0 Å². The van der Waals surface area contributed by atoms with E-state index in [2.05, 4.69) is 16.0 Å². The fourth-order valence-corrected chi connectivity index (χ4v) is 3.01. The number of nitrogens with zero attached hydrogens (tertiary/aromatic N) is 3. The van der Waals surface area contributed by atoms with Gasteiger partial charge in [-0.2, -0.15) is 0 Å². The van der Waals surface area contributed by atoms with Crippen molar-refractivity contribution in [2.75, 3.05) is 0 Å². The second kappa shape index (κ2) is 7.03. The van der Waals surface area contributed by atoms with Crippen molar-refractivity contribution in [1.29, 1.82) is 0 Å². The molecule has 7 nitrogen and oxygen atoms in total. The number of H-pyrrole nitrogens is 1. The van der Waals surface area contributed by atoms with E-state index in [1.807, 2.05) is 31.3 Å². The van der Waals surface area contributed by atoms with Gasteiger partial charge in [0.15, 0.2) is 0 Å². The lowest BCUT2D eigenvalue weighted by Crippen LogP contribution is -2.38. The summed E-state index contributed by atoms with van der Waals surface area (Å²) < 4.78 is 1.99. The molecule has 1 atom stereocenters. The lowest BCUT2D eigenvalue weighted by molar-refractivity contribution is 0.410. The van der Waals surface area contributed by atoms with E-state index in [9.17, 15) is 14.7 Å². The van der Waals surface area contributed by atoms with Gasteiger partial charge < -0.3 is 10.1 Å². The fraction of sp³-hybridized carbons (Fsp3) is 0.316. The van der Waals surface area contributed by atoms with Gasteiger partial charge in [0.05, 0.1) is 6.04 Å². The number of nitrogens with one attached hydrogen (secondary N) is 1. The van der Waals surface area contributed by atoms with Crippen LogP contribution in [-0.4, -0.2) is 31.5 Å². The molecule has 2 N–H and O–H groups in total. The molecule has 1 aromatic carbocycles.